The summed E-state index contributed by atoms with van der Waals surface area (Å²) in [6, 6.07) is -0.734. The van der Waals surface area contributed by atoms with Crippen LogP contribution in [0.25, 0.3) is 10.4 Å². The molecule has 0 aromatic heterocycles. The highest BCUT2D eigenvalue weighted by Gasteiger charge is 2.44. The van der Waals surface area contributed by atoms with Crippen molar-refractivity contribution in [3.05, 3.63) is 10.4 Å². The minimum absolute atomic E-state index is 0.280. The third-order valence-corrected chi connectivity index (χ3v) is 2.63. The van der Waals surface area contributed by atoms with Crippen LogP contribution in [0.4, 0.5) is 0 Å². The van der Waals surface area contributed by atoms with Gasteiger partial charge in [-0.15, -0.1) is 0 Å². The molecule has 2 aliphatic heterocycles. The first-order chi connectivity index (χ1) is 7.52. The van der Waals surface area contributed by atoms with Gasteiger partial charge in [0, 0.05) is 11.3 Å². The minimum Gasteiger partial charge on any atom is -0.459 e. The van der Waals surface area contributed by atoms with E-state index in [4.69, 9.17) is 19.7 Å². The molecule has 2 fully saturated rings. The van der Waals surface area contributed by atoms with Crippen molar-refractivity contribution in [2.24, 2.45) is 5.11 Å². The molecule has 0 N–H and O–H groups in total. The summed E-state index contributed by atoms with van der Waals surface area (Å²) >= 11 is 0. The van der Waals surface area contributed by atoms with Crippen LogP contribution in [0.3, 0.4) is 0 Å². The molecule has 0 saturated carbocycles. The second-order valence-electron chi connectivity index (χ2n) is 4.30. The fraction of sp³-hybridized carbons (Fsp3) is 0.889. The molecule has 0 radical (unpaired) electrons. The van der Waals surface area contributed by atoms with Crippen molar-refractivity contribution < 1.29 is 19.0 Å². The molecule has 7 nitrogen and oxygen atoms in total. The van der Waals surface area contributed by atoms with Crippen LogP contribution in [0.1, 0.15) is 20.3 Å². The maximum atomic E-state index is 11.3. The topological polar surface area (TPSA) is 93.5 Å². The molecule has 7 heteroatoms. The number of carbonyl (C=O) groups is 1. The molecule has 0 amide bonds. The van der Waals surface area contributed by atoms with E-state index in [2.05, 4.69) is 10.0 Å². The quantitative estimate of drug-likeness (QED) is 0.306. The number of hydrogen-bond donors (Lipinski definition) is 0. The Labute approximate surface area is 92.3 Å². The van der Waals surface area contributed by atoms with Crippen molar-refractivity contribution in [2.45, 2.75) is 44.3 Å². The van der Waals surface area contributed by atoms with Gasteiger partial charge in [0.25, 0.3) is 0 Å². The number of ether oxygens (including phenoxy) is 3. The lowest BCUT2D eigenvalue weighted by atomic mass is 10.1. The predicted molar refractivity (Wildman–Crippen MR) is 52.3 cm³/mol. The zero-order chi connectivity index (χ0) is 11.8. The molecule has 16 heavy (non-hydrogen) atoms. The molecule has 0 unspecified atom stereocenters. The van der Waals surface area contributed by atoms with Crippen molar-refractivity contribution in [1.29, 1.82) is 0 Å². The maximum absolute atomic E-state index is 11.3. The summed E-state index contributed by atoms with van der Waals surface area (Å²) in [7, 11) is 0. The second kappa shape index (κ2) is 3.93. The molecule has 88 valence electrons. The lowest BCUT2D eigenvalue weighted by molar-refractivity contribution is -0.162. The lowest BCUT2D eigenvalue weighted by Crippen LogP contribution is -2.30. The van der Waals surface area contributed by atoms with Gasteiger partial charge < -0.3 is 14.2 Å². The van der Waals surface area contributed by atoms with Crippen LogP contribution >= 0.6 is 0 Å². The van der Waals surface area contributed by atoms with Gasteiger partial charge in [0.1, 0.15) is 18.2 Å². The summed E-state index contributed by atoms with van der Waals surface area (Å²) in [5.74, 6) is -1.13. The summed E-state index contributed by atoms with van der Waals surface area (Å²) < 4.78 is 16.0. The Morgan fingerprint density at radius 1 is 1.50 bits per heavy atom. The number of hydrogen-bond acceptors (Lipinski definition) is 5. The van der Waals surface area contributed by atoms with Gasteiger partial charge >= 0.3 is 5.97 Å². The number of nitrogens with zero attached hydrogens (tertiary/aromatic N) is 3. The summed E-state index contributed by atoms with van der Waals surface area (Å²) in [6.07, 6.45) is -0.310. The monoisotopic (exact) mass is 227 g/mol. The van der Waals surface area contributed by atoms with E-state index in [9.17, 15) is 4.79 Å². The van der Waals surface area contributed by atoms with Crippen LogP contribution < -0.4 is 0 Å². The molecule has 0 aromatic carbocycles. The number of carbonyl (C=O) groups excluding carboxylic acids is 1. The van der Waals surface area contributed by atoms with E-state index >= 15 is 0 Å². The van der Waals surface area contributed by atoms with Gasteiger partial charge in [-0.3, -0.25) is 4.79 Å². The highest BCUT2D eigenvalue weighted by atomic mass is 16.8. The van der Waals surface area contributed by atoms with E-state index in [-0.39, 0.29) is 12.2 Å². The third-order valence-electron chi connectivity index (χ3n) is 2.63. The van der Waals surface area contributed by atoms with E-state index in [1.165, 1.54) is 0 Å². The first-order valence-electron chi connectivity index (χ1n) is 5.08. The van der Waals surface area contributed by atoms with Crippen LogP contribution in [-0.2, 0) is 19.0 Å². The number of rotatable bonds is 2. The largest absolute Gasteiger partial charge is 0.459 e. The molecule has 0 bridgehead atoms. The van der Waals surface area contributed by atoms with Gasteiger partial charge in [0.2, 0.25) is 0 Å². The lowest BCUT2D eigenvalue weighted by Gasteiger charge is -2.19. The zero-order valence-corrected chi connectivity index (χ0v) is 9.12. The van der Waals surface area contributed by atoms with Gasteiger partial charge in [0.15, 0.2) is 5.79 Å². The first-order valence-corrected chi connectivity index (χ1v) is 5.08. The number of cyclic esters (lactones) is 1. The summed E-state index contributed by atoms with van der Waals surface area (Å²) in [4.78, 5) is 13.9. The van der Waals surface area contributed by atoms with Crippen LogP contribution in [0.15, 0.2) is 5.11 Å². The highest BCUT2D eigenvalue weighted by molar-refractivity contribution is 5.78. The summed E-state index contributed by atoms with van der Waals surface area (Å²) in [6.45, 7) is 3.98. The fourth-order valence-electron chi connectivity index (χ4n) is 1.88. The molecular formula is C9H13N3O4. The molecule has 2 heterocycles. The molecule has 3 atom stereocenters. The smallest absolute Gasteiger partial charge is 0.315 e. The van der Waals surface area contributed by atoms with E-state index in [0.29, 0.717) is 13.0 Å². The van der Waals surface area contributed by atoms with Gasteiger partial charge in [-0.25, -0.2) is 0 Å². The van der Waals surface area contributed by atoms with Gasteiger partial charge in [-0.05, 0) is 19.4 Å². The minimum atomic E-state index is -0.734. The maximum Gasteiger partial charge on any atom is 0.315 e. The molecule has 2 saturated heterocycles. The molecule has 0 aliphatic carbocycles. The molecule has 0 aromatic rings. The summed E-state index contributed by atoms with van der Waals surface area (Å²) in [5.41, 5.74) is 8.27. The van der Waals surface area contributed by atoms with Gasteiger partial charge in [0.05, 0.1) is 6.61 Å². The fourth-order valence-corrected chi connectivity index (χ4v) is 1.88. The van der Waals surface area contributed by atoms with Crippen LogP contribution in [-0.4, -0.2) is 36.6 Å². The Morgan fingerprint density at radius 2 is 2.25 bits per heavy atom. The zero-order valence-electron chi connectivity index (χ0n) is 9.12. The normalized spacial score (nSPS) is 36.9. The average Bonchev–Trinajstić information content (AvgIpc) is 2.72. The second-order valence-corrected chi connectivity index (χ2v) is 4.30. The van der Waals surface area contributed by atoms with E-state index < -0.39 is 17.8 Å². The Kier molecular flexibility index (Phi) is 2.75. The third kappa shape index (κ3) is 2.11. The Morgan fingerprint density at radius 3 is 2.81 bits per heavy atom. The molecule has 2 rings (SSSR count). The molecular weight excluding hydrogens is 214 g/mol. The molecule has 2 aliphatic rings. The van der Waals surface area contributed by atoms with Crippen molar-refractivity contribution in [3.63, 3.8) is 0 Å². The number of azide groups is 1. The Hall–Kier alpha value is -1.30. The first kappa shape index (κ1) is 11.2. The van der Waals surface area contributed by atoms with Gasteiger partial charge in [-0.2, -0.15) is 0 Å². The van der Waals surface area contributed by atoms with Crippen molar-refractivity contribution in [2.75, 3.05) is 6.61 Å². The Balaban J connectivity index is 1.99. The van der Waals surface area contributed by atoms with Crippen molar-refractivity contribution in [1.82, 2.24) is 0 Å². The van der Waals surface area contributed by atoms with Crippen molar-refractivity contribution in [3.8, 4) is 0 Å². The number of esters is 1. The van der Waals surface area contributed by atoms with Crippen LogP contribution in [0, 0.1) is 0 Å². The van der Waals surface area contributed by atoms with E-state index in [0.717, 1.165) is 0 Å². The Bertz CT molecular complexity index is 351. The predicted octanol–water partition coefficient (Wildman–Crippen LogP) is 1.13. The van der Waals surface area contributed by atoms with E-state index in [1.54, 1.807) is 13.8 Å². The van der Waals surface area contributed by atoms with E-state index in [1.807, 2.05) is 0 Å². The van der Waals surface area contributed by atoms with Crippen molar-refractivity contribution >= 4 is 5.97 Å². The average molecular weight is 227 g/mol. The summed E-state index contributed by atoms with van der Waals surface area (Å²) in [5, 5.41) is 3.37. The molecule has 0 spiro atoms. The standard InChI is InChI=1S/C9H13N3O4/c1-9(2)14-4-7(16-9)6-3-5(11-12-10)8(13)15-6/h5-7H,3-4H2,1-2H3/t5-,6+,7+/m0/s1. The van der Waals surface area contributed by atoms with Crippen LogP contribution in [0.5, 0.6) is 0 Å². The highest BCUT2D eigenvalue weighted by Crippen LogP contribution is 2.30. The van der Waals surface area contributed by atoms with Gasteiger partial charge in [-0.1, -0.05) is 5.11 Å². The SMILES string of the molecule is CC1(C)OC[C@H]([C@H]2C[C@H](N=[N+]=[N-])C(=O)O2)O1. The van der Waals surface area contributed by atoms with Crippen LogP contribution in [0.2, 0.25) is 0 Å².